The van der Waals surface area contributed by atoms with E-state index >= 15 is 0 Å². The van der Waals surface area contributed by atoms with Crippen molar-refractivity contribution in [2.24, 2.45) is 5.41 Å². The fourth-order valence-electron chi connectivity index (χ4n) is 1.19. The molecule has 0 spiro atoms. The predicted octanol–water partition coefficient (Wildman–Crippen LogP) is 2.52. The summed E-state index contributed by atoms with van der Waals surface area (Å²) in [6, 6.07) is 3.75. The van der Waals surface area contributed by atoms with Gasteiger partial charge in [-0.2, -0.15) is 0 Å². The van der Waals surface area contributed by atoms with Gasteiger partial charge >= 0.3 is 0 Å². The summed E-state index contributed by atoms with van der Waals surface area (Å²) < 4.78 is 0. The van der Waals surface area contributed by atoms with Crippen molar-refractivity contribution in [3.05, 3.63) is 30.1 Å². The van der Waals surface area contributed by atoms with Gasteiger partial charge < -0.3 is 5.32 Å². The summed E-state index contributed by atoms with van der Waals surface area (Å²) in [4.78, 5) is 15.8. The van der Waals surface area contributed by atoms with Crippen molar-refractivity contribution in [3.63, 3.8) is 0 Å². The van der Waals surface area contributed by atoms with Crippen LogP contribution >= 0.6 is 11.6 Å². The second-order valence-corrected chi connectivity index (χ2v) is 4.76. The van der Waals surface area contributed by atoms with Crippen molar-refractivity contribution in [3.8, 4) is 0 Å². The molecule has 0 saturated heterocycles. The second kappa shape index (κ2) is 5.30. The molecule has 1 heterocycles. The van der Waals surface area contributed by atoms with Gasteiger partial charge in [0.05, 0.1) is 11.5 Å². The van der Waals surface area contributed by atoms with Crippen molar-refractivity contribution in [1.82, 2.24) is 10.3 Å². The van der Waals surface area contributed by atoms with Gasteiger partial charge in [0.15, 0.2) is 0 Å². The third-order valence-electron chi connectivity index (χ3n) is 2.50. The Morgan fingerprint density at radius 2 is 2.06 bits per heavy atom. The lowest BCUT2D eigenvalue weighted by molar-refractivity contribution is -0.129. The highest BCUT2D eigenvalue weighted by molar-refractivity contribution is 6.19. The summed E-state index contributed by atoms with van der Waals surface area (Å²) in [7, 11) is 0. The summed E-state index contributed by atoms with van der Waals surface area (Å²) in [5.41, 5.74) is 0.497. The van der Waals surface area contributed by atoms with E-state index in [-0.39, 0.29) is 11.9 Å². The lowest BCUT2D eigenvalue weighted by atomic mass is 9.94. The summed E-state index contributed by atoms with van der Waals surface area (Å²) >= 11 is 5.75. The second-order valence-electron chi connectivity index (χ2n) is 4.49. The van der Waals surface area contributed by atoms with E-state index < -0.39 is 5.41 Å². The number of hydrogen-bond acceptors (Lipinski definition) is 2. The van der Waals surface area contributed by atoms with Crippen LogP contribution in [0.3, 0.4) is 0 Å². The number of amides is 1. The first-order valence-corrected chi connectivity index (χ1v) is 5.77. The first kappa shape index (κ1) is 13.0. The maximum atomic E-state index is 11.9. The van der Waals surface area contributed by atoms with Crippen molar-refractivity contribution in [1.29, 1.82) is 0 Å². The maximum Gasteiger partial charge on any atom is 0.227 e. The molecule has 1 amide bonds. The van der Waals surface area contributed by atoms with Gasteiger partial charge in [0.25, 0.3) is 0 Å². The highest BCUT2D eigenvalue weighted by Crippen LogP contribution is 2.19. The zero-order chi connectivity index (χ0) is 12.2. The monoisotopic (exact) mass is 240 g/mol. The van der Waals surface area contributed by atoms with Gasteiger partial charge in [0.2, 0.25) is 5.91 Å². The molecule has 3 nitrogen and oxygen atoms in total. The van der Waals surface area contributed by atoms with Crippen molar-refractivity contribution in [2.45, 2.75) is 26.8 Å². The summed E-state index contributed by atoms with van der Waals surface area (Å²) in [5, 5.41) is 2.94. The molecule has 4 heteroatoms. The van der Waals surface area contributed by atoms with Crippen LogP contribution in [-0.2, 0) is 4.79 Å². The number of hydrogen-bond donors (Lipinski definition) is 1. The van der Waals surface area contributed by atoms with Crippen molar-refractivity contribution in [2.75, 3.05) is 5.88 Å². The first-order chi connectivity index (χ1) is 7.47. The summed E-state index contributed by atoms with van der Waals surface area (Å²) in [6.45, 7) is 5.60. The van der Waals surface area contributed by atoms with E-state index in [9.17, 15) is 4.79 Å². The molecule has 1 atom stereocenters. The van der Waals surface area contributed by atoms with Gasteiger partial charge in [-0.25, -0.2) is 0 Å². The third-order valence-corrected chi connectivity index (χ3v) is 3.17. The molecular formula is C12H17ClN2O. The third kappa shape index (κ3) is 3.20. The van der Waals surface area contributed by atoms with E-state index in [1.54, 1.807) is 12.4 Å². The van der Waals surface area contributed by atoms with E-state index in [0.29, 0.717) is 5.88 Å². The number of halogens is 1. The van der Waals surface area contributed by atoms with Crippen LogP contribution in [0.1, 0.15) is 32.4 Å². The smallest absolute Gasteiger partial charge is 0.227 e. The lowest BCUT2D eigenvalue weighted by Gasteiger charge is -2.23. The van der Waals surface area contributed by atoms with Crippen molar-refractivity contribution < 1.29 is 4.79 Å². The fourth-order valence-corrected chi connectivity index (χ4v) is 1.31. The highest BCUT2D eigenvalue weighted by atomic mass is 35.5. The minimum atomic E-state index is -0.539. The molecule has 0 saturated carbocycles. The molecule has 1 aromatic heterocycles. The van der Waals surface area contributed by atoms with Gasteiger partial charge in [0, 0.05) is 18.3 Å². The molecule has 1 N–H and O–H groups in total. The van der Waals surface area contributed by atoms with Gasteiger partial charge in [-0.05, 0) is 38.5 Å². The van der Waals surface area contributed by atoms with Gasteiger partial charge in [-0.3, -0.25) is 9.78 Å². The van der Waals surface area contributed by atoms with Gasteiger partial charge in [-0.15, -0.1) is 11.6 Å². The van der Waals surface area contributed by atoms with E-state index in [4.69, 9.17) is 11.6 Å². The van der Waals surface area contributed by atoms with E-state index in [2.05, 4.69) is 10.3 Å². The van der Waals surface area contributed by atoms with Crippen LogP contribution in [-0.4, -0.2) is 16.8 Å². The minimum absolute atomic E-state index is 0.0296. The molecule has 0 aliphatic carbocycles. The van der Waals surface area contributed by atoms with Gasteiger partial charge in [-0.1, -0.05) is 0 Å². The molecule has 0 unspecified atom stereocenters. The van der Waals surface area contributed by atoms with E-state index in [1.807, 2.05) is 32.9 Å². The number of pyridine rings is 1. The largest absolute Gasteiger partial charge is 0.349 e. The average molecular weight is 241 g/mol. The topological polar surface area (TPSA) is 42.0 Å². The molecule has 0 bridgehead atoms. The van der Waals surface area contributed by atoms with Crippen LogP contribution in [0.2, 0.25) is 0 Å². The molecule has 0 aromatic carbocycles. The highest BCUT2D eigenvalue weighted by Gasteiger charge is 2.27. The molecule has 0 aliphatic heterocycles. The van der Waals surface area contributed by atoms with Crippen molar-refractivity contribution >= 4 is 17.5 Å². The van der Waals surface area contributed by atoms with Gasteiger partial charge in [0.1, 0.15) is 0 Å². The number of rotatable bonds is 4. The molecule has 0 aliphatic rings. The van der Waals surface area contributed by atoms with Crippen LogP contribution in [0, 0.1) is 5.41 Å². The van der Waals surface area contributed by atoms with Crippen LogP contribution in [0.15, 0.2) is 24.5 Å². The quantitative estimate of drug-likeness (QED) is 0.822. The van der Waals surface area contributed by atoms with Crippen LogP contribution in [0.5, 0.6) is 0 Å². The SMILES string of the molecule is C[C@@H](NC(=O)C(C)(C)CCl)c1ccncc1. The Hall–Kier alpha value is -1.09. The van der Waals surface area contributed by atoms with E-state index in [1.165, 1.54) is 0 Å². The minimum Gasteiger partial charge on any atom is -0.349 e. The summed E-state index contributed by atoms with van der Waals surface area (Å²) in [5.74, 6) is 0.272. The number of carbonyl (C=O) groups is 1. The molecule has 0 radical (unpaired) electrons. The molecule has 1 rings (SSSR count). The predicted molar refractivity (Wildman–Crippen MR) is 65.3 cm³/mol. The molecule has 88 valence electrons. The molecule has 1 aromatic rings. The average Bonchev–Trinajstić information content (AvgIpc) is 2.30. The Bertz CT molecular complexity index is 351. The van der Waals surface area contributed by atoms with E-state index in [0.717, 1.165) is 5.56 Å². The molecule has 16 heavy (non-hydrogen) atoms. The maximum absolute atomic E-state index is 11.9. The standard InChI is InChI=1S/C12H17ClN2O/c1-9(10-4-6-14-7-5-10)15-11(16)12(2,3)8-13/h4-7,9H,8H2,1-3H3,(H,15,16)/t9-/m1/s1. The van der Waals surface area contributed by atoms with Crippen LogP contribution < -0.4 is 5.32 Å². The zero-order valence-electron chi connectivity index (χ0n) is 9.83. The number of nitrogens with one attached hydrogen (secondary N) is 1. The Balaban J connectivity index is 2.66. The zero-order valence-corrected chi connectivity index (χ0v) is 10.6. The molecule has 0 fully saturated rings. The number of aromatic nitrogens is 1. The van der Waals surface area contributed by atoms with Crippen LogP contribution in [0.4, 0.5) is 0 Å². The summed E-state index contributed by atoms with van der Waals surface area (Å²) in [6.07, 6.45) is 3.43. The Kier molecular flexibility index (Phi) is 4.30. The normalized spacial score (nSPS) is 13.2. The lowest BCUT2D eigenvalue weighted by Crippen LogP contribution is -2.39. The van der Waals surface area contributed by atoms with Crippen LogP contribution in [0.25, 0.3) is 0 Å². The number of carbonyl (C=O) groups excluding carboxylic acids is 1. The Morgan fingerprint density at radius 1 is 1.50 bits per heavy atom. The number of alkyl halides is 1. The Labute approximate surface area is 101 Å². The fraction of sp³-hybridized carbons (Fsp3) is 0.500. The number of nitrogens with zero attached hydrogens (tertiary/aromatic N) is 1. The molecular weight excluding hydrogens is 224 g/mol. The Morgan fingerprint density at radius 3 is 2.56 bits per heavy atom. The first-order valence-electron chi connectivity index (χ1n) is 5.24.